The SMILES string of the molecule is CN(CCOc1ccccc1F)C(=O)[C@@H]1CCCNC1.Cl. The highest BCUT2D eigenvalue weighted by Crippen LogP contribution is 2.16. The molecule has 1 heterocycles. The molecule has 1 fully saturated rings. The Morgan fingerprint density at radius 1 is 1.48 bits per heavy atom. The molecule has 1 aliphatic heterocycles. The van der Waals surface area contributed by atoms with Crippen LogP contribution in [-0.2, 0) is 4.79 Å². The highest BCUT2D eigenvalue weighted by molar-refractivity contribution is 5.85. The van der Waals surface area contributed by atoms with Crippen LogP contribution in [-0.4, -0.2) is 44.1 Å². The molecule has 0 aliphatic carbocycles. The Kier molecular flexibility index (Phi) is 7.47. The van der Waals surface area contributed by atoms with Crippen molar-refractivity contribution in [2.75, 3.05) is 33.3 Å². The van der Waals surface area contributed by atoms with Crippen LogP contribution in [0.3, 0.4) is 0 Å². The van der Waals surface area contributed by atoms with Crippen LogP contribution in [0.5, 0.6) is 5.75 Å². The molecule has 2 rings (SSSR count). The fourth-order valence-electron chi connectivity index (χ4n) is 2.34. The predicted molar refractivity (Wildman–Crippen MR) is 82.4 cm³/mol. The molecule has 0 unspecified atom stereocenters. The number of ether oxygens (including phenoxy) is 1. The average Bonchev–Trinajstić information content (AvgIpc) is 2.49. The number of nitrogens with zero attached hydrogens (tertiary/aromatic N) is 1. The van der Waals surface area contributed by atoms with E-state index in [1.54, 1.807) is 30.1 Å². The summed E-state index contributed by atoms with van der Waals surface area (Å²) in [5.41, 5.74) is 0. The van der Waals surface area contributed by atoms with Crippen LogP contribution < -0.4 is 10.1 Å². The Hall–Kier alpha value is -1.33. The summed E-state index contributed by atoms with van der Waals surface area (Å²) in [6.45, 7) is 2.49. The van der Waals surface area contributed by atoms with Gasteiger partial charge in [-0.3, -0.25) is 4.79 Å². The van der Waals surface area contributed by atoms with Crippen molar-refractivity contribution >= 4 is 18.3 Å². The van der Waals surface area contributed by atoms with Crippen molar-refractivity contribution in [2.24, 2.45) is 5.92 Å². The van der Waals surface area contributed by atoms with E-state index in [1.165, 1.54) is 6.07 Å². The smallest absolute Gasteiger partial charge is 0.226 e. The lowest BCUT2D eigenvalue weighted by Gasteiger charge is -2.27. The Morgan fingerprint density at radius 2 is 2.24 bits per heavy atom. The number of piperidine rings is 1. The summed E-state index contributed by atoms with van der Waals surface area (Å²) in [5, 5.41) is 3.23. The summed E-state index contributed by atoms with van der Waals surface area (Å²) in [4.78, 5) is 13.8. The summed E-state index contributed by atoms with van der Waals surface area (Å²) in [7, 11) is 1.77. The fourth-order valence-corrected chi connectivity index (χ4v) is 2.34. The lowest BCUT2D eigenvalue weighted by atomic mass is 9.98. The third kappa shape index (κ3) is 5.17. The highest BCUT2D eigenvalue weighted by Gasteiger charge is 2.23. The number of carbonyl (C=O) groups is 1. The summed E-state index contributed by atoms with van der Waals surface area (Å²) >= 11 is 0. The van der Waals surface area contributed by atoms with E-state index in [4.69, 9.17) is 4.74 Å². The van der Waals surface area contributed by atoms with E-state index in [1.807, 2.05) is 0 Å². The van der Waals surface area contributed by atoms with Crippen molar-refractivity contribution < 1.29 is 13.9 Å². The van der Waals surface area contributed by atoms with Gasteiger partial charge in [-0.15, -0.1) is 12.4 Å². The number of halogens is 2. The number of rotatable bonds is 5. The maximum atomic E-state index is 13.3. The van der Waals surface area contributed by atoms with Crippen LogP contribution in [0.1, 0.15) is 12.8 Å². The molecule has 1 amide bonds. The fraction of sp³-hybridized carbons (Fsp3) is 0.533. The Balaban J connectivity index is 0.00000220. The Bertz CT molecular complexity index is 453. The zero-order valence-electron chi connectivity index (χ0n) is 12.2. The second kappa shape index (κ2) is 8.85. The van der Waals surface area contributed by atoms with E-state index < -0.39 is 0 Å². The molecule has 0 spiro atoms. The number of amides is 1. The minimum atomic E-state index is -0.377. The van der Waals surface area contributed by atoms with Crippen molar-refractivity contribution in [1.82, 2.24) is 10.2 Å². The zero-order chi connectivity index (χ0) is 14.4. The molecular weight excluding hydrogens is 295 g/mol. The minimum Gasteiger partial charge on any atom is -0.489 e. The van der Waals surface area contributed by atoms with E-state index in [0.29, 0.717) is 13.2 Å². The van der Waals surface area contributed by atoms with Gasteiger partial charge in [0.05, 0.1) is 12.5 Å². The molecular formula is C15H22ClFN2O2. The number of para-hydroxylation sites is 1. The first kappa shape index (κ1) is 17.7. The lowest BCUT2D eigenvalue weighted by molar-refractivity contribution is -0.135. The van der Waals surface area contributed by atoms with Gasteiger partial charge in [0.25, 0.3) is 0 Å². The van der Waals surface area contributed by atoms with Gasteiger partial charge in [0.2, 0.25) is 5.91 Å². The lowest BCUT2D eigenvalue weighted by Crippen LogP contribution is -2.42. The molecule has 0 bridgehead atoms. The van der Waals surface area contributed by atoms with Gasteiger partial charge < -0.3 is 15.0 Å². The summed E-state index contributed by atoms with van der Waals surface area (Å²) in [6, 6.07) is 6.29. The van der Waals surface area contributed by atoms with E-state index in [2.05, 4.69) is 5.32 Å². The predicted octanol–water partition coefficient (Wildman–Crippen LogP) is 2.08. The van der Waals surface area contributed by atoms with Crippen LogP contribution in [0.4, 0.5) is 4.39 Å². The molecule has 6 heteroatoms. The number of likely N-dealkylation sites (N-methyl/N-ethyl adjacent to an activating group) is 1. The molecule has 0 saturated carbocycles. The monoisotopic (exact) mass is 316 g/mol. The van der Waals surface area contributed by atoms with Crippen molar-refractivity contribution in [3.05, 3.63) is 30.1 Å². The molecule has 1 aliphatic rings. The maximum absolute atomic E-state index is 13.3. The topological polar surface area (TPSA) is 41.6 Å². The van der Waals surface area contributed by atoms with Crippen LogP contribution in [0.25, 0.3) is 0 Å². The molecule has 1 saturated heterocycles. The van der Waals surface area contributed by atoms with E-state index in [9.17, 15) is 9.18 Å². The van der Waals surface area contributed by atoms with Gasteiger partial charge in [-0.05, 0) is 31.5 Å². The second-order valence-corrected chi connectivity index (χ2v) is 5.08. The van der Waals surface area contributed by atoms with E-state index in [-0.39, 0.29) is 35.8 Å². The largest absolute Gasteiger partial charge is 0.489 e. The third-order valence-corrected chi connectivity index (χ3v) is 3.54. The normalized spacial score (nSPS) is 17.7. The summed E-state index contributed by atoms with van der Waals surface area (Å²) in [6.07, 6.45) is 1.97. The number of nitrogens with one attached hydrogen (secondary N) is 1. The molecule has 1 atom stereocenters. The first-order valence-electron chi connectivity index (χ1n) is 7.01. The first-order chi connectivity index (χ1) is 9.68. The van der Waals surface area contributed by atoms with Crippen molar-refractivity contribution in [1.29, 1.82) is 0 Å². The molecule has 4 nitrogen and oxygen atoms in total. The molecule has 1 aromatic rings. The second-order valence-electron chi connectivity index (χ2n) is 5.08. The molecule has 0 radical (unpaired) electrons. The standard InChI is InChI=1S/C15H21FN2O2.ClH/c1-18(15(19)12-5-4-8-17-11-12)9-10-20-14-7-3-2-6-13(14)16;/h2-3,6-7,12,17H,4-5,8-11H2,1H3;1H/t12-;/m1./s1. The highest BCUT2D eigenvalue weighted by atomic mass is 35.5. The number of hydrogen-bond donors (Lipinski definition) is 1. The van der Waals surface area contributed by atoms with Crippen LogP contribution in [0.2, 0.25) is 0 Å². The maximum Gasteiger partial charge on any atom is 0.226 e. The third-order valence-electron chi connectivity index (χ3n) is 3.54. The molecule has 21 heavy (non-hydrogen) atoms. The van der Waals surface area contributed by atoms with Crippen LogP contribution in [0.15, 0.2) is 24.3 Å². The average molecular weight is 317 g/mol. The van der Waals surface area contributed by atoms with E-state index >= 15 is 0 Å². The van der Waals surface area contributed by atoms with Gasteiger partial charge in [0.1, 0.15) is 6.61 Å². The van der Waals surface area contributed by atoms with Crippen LogP contribution in [0, 0.1) is 11.7 Å². The zero-order valence-corrected chi connectivity index (χ0v) is 13.0. The van der Waals surface area contributed by atoms with Gasteiger partial charge in [0, 0.05) is 13.6 Å². The number of benzene rings is 1. The van der Waals surface area contributed by atoms with Gasteiger partial charge in [-0.1, -0.05) is 12.1 Å². The van der Waals surface area contributed by atoms with Crippen molar-refractivity contribution in [3.8, 4) is 5.75 Å². The molecule has 0 aromatic heterocycles. The van der Waals surface area contributed by atoms with Gasteiger partial charge in [0.15, 0.2) is 11.6 Å². The van der Waals surface area contributed by atoms with Crippen molar-refractivity contribution in [3.63, 3.8) is 0 Å². The Morgan fingerprint density at radius 3 is 2.90 bits per heavy atom. The molecule has 118 valence electrons. The minimum absolute atomic E-state index is 0. The molecule has 1 aromatic carbocycles. The molecule has 1 N–H and O–H groups in total. The number of hydrogen-bond acceptors (Lipinski definition) is 3. The first-order valence-corrected chi connectivity index (χ1v) is 7.01. The van der Waals surface area contributed by atoms with Gasteiger partial charge >= 0.3 is 0 Å². The quantitative estimate of drug-likeness (QED) is 0.904. The van der Waals surface area contributed by atoms with Gasteiger partial charge in [-0.2, -0.15) is 0 Å². The van der Waals surface area contributed by atoms with E-state index in [0.717, 1.165) is 25.9 Å². The van der Waals surface area contributed by atoms with Gasteiger partial charge in [-0.25, -0.2) is 4.39 Å². The van der Waals surface area contributed by atoms with Crippen LogP contribution >= 0.6 is 12.4 Å². The Labute approximate surface area is 131 Å². The number of carbonyl (C=O) groups excluding carboxylic acids is 1. The van der Waals surface area contributed by atoms with Crippen molar-refractivity contribution in [2.45, 2.75) is 12.8 Å². The summed E-state index contributed by atoms with van der Waals surface area (Å²) < 4.78 is 18.7. The summed E-state index contributed by atoms with van der Waals surface area (Å²) in [5.74, 6) is 0.0437.